The first-order valence-electron chi connectivity index (χ1n) is 9.18. The van der Waals surface area contributed by atoms with Crippen LogP contribution in [0, 0.1) is 5.41 Å². The van der Waals surface area contributed by atoms with Crippen LogP contribution in [0.5, 0.6) is 0 Å². The third-order valence-corrected chi connectivity index (χ3v) is 5.40. The molecule has 24 heavy (non-hydrogen) atoms. The summed E-state index contributed by atoms with van der Waals surface area (Å²) in [6, 6.07) is 3.08. The summed E-state index contributed by atoms with van der Waals surface area (Å²) in [6.07, 6.45) is 5.90. The van der Waals surface area contributed by atoms with Gasteiger partial charge in [0.05, 0.1) is 19.0 Å². The largest absolute Gasteiger partial charge is 0.469 e. The topological polar surface area (TPSA) is 57.9 Å². The van der Waals surface area contributed by atoms with E-state index in [9.17, 15) is 5.11 Å². The second-order valence-electron chi connectivity index (χ2n) is 8.25. The maximum atomic E-state index is 9.88. The van der Waals surface area contributed by atoms with Crippen molar-refractivity contribution in [1.29, 1.82) is 0 Å². The van der Waals surface area contributed by atoms with Crippen LogP contribution in [0.4, 0.5) is 0 Å². The van der Waals surface area contributed by atoms with E-state index in [-0.39, 0.29) is 11.5 Å². The van der Waals surface area contributed by atoms with Gasteiger partial charge in [-0.2, -0.15) is 0 Å². The molecule has 0 spiro atoms. The molecule has 2 N–H and O–H groups in total. The summed E-state index contributed by atoms with van der Waals surface area (Å²) in [6.45, 7) is 7.85. The van der Waals surface area contributed by atoms with Crippen molar-refractivity contribution in [3.05, 3.63) is 23.7 Å². The molecule has 2 aliphatic rings. The number of β-amino-alcohol motifs (C(OH)–C–C–N with tert-alkyl or cyclic N) is 1. The number of hydrogen-bond acceptors (Lipinski definition) is 5. The first-order valence-corrected chi connectivity index (χ1v) is 9.18. The van der Waals surface area contributed by atoms with Crippen molar-refractivity contribution in [2.75, 3.05) is 33.4 Å². The average molecular weight is 336 g/mol. The Morgan fingerprint density at radius 3 is 2.88 bits per heavy atom. The van der Waals surface area contributed by atoms with Crippen molar-refractivity contribution in [2.24, 2.45) is 5.41 Å². The van der Waals surface area contributed by atoms with Gasteiger partial charge in [-0.25, -0.2) is 0 Å². The maximum absolute atomic E-state index is 9.88. The summed E-state index contributed by atoms with van der Waals surface area (Å²) in [7, 11) is 1.63. The first-order chi connectivity index (χ1) is 11.5. The van der Waals surface area contributed by atoms with Gasteiger partial charge in [0, 0.05) is 37.7 Å². The summed E-state index contributed by atoms with van der Waals surface area (Å²) in [5, 5.41) is 13.8. The highest BCUT2D eigenvalue weighted by molar-refractivity contribution is 5.26. The van der Waals surface area contributed by atoms with Crippen molar-refractivity contribution in [3.8, 4) is 0 Å². The van der Waals surface area contributed by atoms with E-state index < -0.39 is 0 Å². The lowest BCUT2D eigenvalue weighted by atomic mass is 9.74. The Labute approximate surface area is 145 Å². The number of piperidine rings is 1. The highest BCUT2D eigenvalue weighted by Gasteiger charge is 2.35. The number of fused-ring (bicyclic) bond motifs is 1. The van der Waals surface area contributed by atoms with Crippen molar-refractivity contribution in [3.63, 3.8) is 0 Å². The molecule has 2 atom stereocenters. The lowest BCUT2D eigenvalue weighted by Crippen LogP contribution is -2.47. The zero-order valence-electron chi connectivity index (χ0n) is 15.3. The van der Waals surface area contributed by atoms with Gasteiger partial charge in [-0.05, 0) is 43.8 Å². The van der Waals surface area contributed by atoms with Crippen LogP contribution >= 0.6 is 0 Å². The fourth-order valence-electron chi connectivity index (χ4n) is 4.23. The Bertz CT molecular complexity index is 520. The zero-order valence-corrected chi connectivity index (χ0v) is 15.3. The highest BCUT2D eigenvalue weighted by atomic mass is 16.5. The van der Waals surface area contributed by atoms with Crippen molar-refractivity contribution < 1.29 is 14.3 Å². The summed E-state index contributed by atoms with van der Waals surface area (Å²) in [4.78, 5) is 2.34. The van der Waals surface area contributed by atoms with Crippen LogP contribution in [0.2, 0.25) is 0 Å². The lowest BCUT2D eigenvalue weighted by Gasteiger charge is -2.39. The number of aliphatic hydroxyl groups is 1. The Morgan fingerprint density at radius 2 is 2.17 bits per heavy atom. The van der Waals surface area contributed by atoms with E-state index in [1.807, 2.05) is 6.26 Å². The molecular formula is C19H32N2O3. The average Bonchev–Trinajstić information content (AvgIpc) is 2.96. The molecule has 0 aromatic carbocycles. The number of methoxy groups -OCH3 is 1. The van der Waals surface area contributed by atoms with Gasteiger partial charge < -0.3 is 24.5 Å². The second-order valence-corrected chi connectivity index (χ2v) is 8.25. The number of nitrogens with one attached hydrogen (secondary N) is 1. The molecule has 136 valence electrons. The molecule has 5 heteroatoms. The molecule has 1 saturated heterocycles. The summed E-state index contributed by atoms with van der Waals surface area (Å²) < 4.78 is 10.7. The minimum absolute atomic E-state index is 0.285. The number of hydrogen-bond donors (Lipinski definition) is 2. The Morgan fingerprint density at radius 1 is 1.42 bits per heavy atom. The van der Waals surface area contributed by atoms with Crippen LogP contribution in [0.15, 0.2) is 16.7 Å². The van der Waals surface area contributed by atoms with Crippen LogP contribution in [-0.2, 0) is 11.2 Å². The molecule has 3 rings (SSSR count). The van der Waals surface area contributed by atoms with Gasteiger partial charge in [0.15, 0.2) is 0 Å². The van der Waals surface area contributed by atoms with E-state index in [0.29, 0.717) is 25.2 Å². The number of furan rings is 1. The molecule has 0 saturated carbocycles. The maximum Gasteiger partial charge on any atom is 0.109 e. The molecule has 0 bridgehead atoms. The van der Waals surface area contributed by atoms with E-state index >= 15 is 0 Å². The van der Waals surface area contributed by atoms with E-state index in [0.717, 1.165) is 44.5 Å². The minimum Gasteiger partial charge on any atom is -0.469 e. The molecule has 1 aromatic heterocycles. The van der Waals surface area contributed by atoms with E-state index in [4.69, 9.17) is 9.15 Å². The van der Waals surface area contributed by atoms with Gasteiger partial charge >= 0.3 is 0 Å². The fraction of sp³-hybridized carbons (Fsp3) is 0.789. The smallest absolute Gasteiger partial charge is 0.109 e. The molecular weight excluding hydrogens is 304 g/mol. The Balaban J connectivity index is 1.52. The quantitative estimate of drug-likeness (QED) is 0.835. The molecule has 2 unspecified atom stereocenters. The predicted molar refractivity (Wildman–Crippen MR) is 94.0 cm³/mol. The van der Waals surface area contributed by atoms with Gasteiger partial charge in [-0.15, -0.1) is 0 Å². The number of ether oxygens (including phenoxy) is 1. The molecule has 5 nitrogen and oxygen atoms in total. The molecule has 1 aromatic rings. The lowest BCUT2D eigenvalue weighted by molar-refractivity contribution is 0.0303. The molecule has 1 aliphatic heterocycles. The standard InChI is InChI=1S/C19H32N2O3/c1-19(2)10-17(16-6-9-24-18(16)11-19)20-14-4-7-21(8-5-14)12-15(22)13-23-3/h6,9,14-15,17,20,22H,4-5,7-8,10-13H2,1-3H3. The third-order valence-electron chi connectivity index (χ3n) is 5.40. The van der Waals surface area contributed by atoms with Gasteiger partial charge in [0.1, 0.15) is 5.76 Å². The molecule has 2 heterocycles. The zero-order chi connectivity index (χ0) is 17.2. The second kappa shape index (κ2) is 7.56. The predicted octanol–water partition coefficient (Wildman–Crippen LogP) is 2.35. The van der Waals surface area contributed by atoms with Gasteiger partial charge in [0.2, 0.25) is 0 Å². The van der Waals surface area contributed by atoms with Crippen molar-refractivity contribution in [2.45, 2.75) is 57.7 Å². The molecule has 1 aliphatic carbocycles. The van der Waals surface area contributed by atoms with E-state index in [1.54, 1.807) is 7.11 Å². The summed E-state index contributed by atoms with van der Waals surface area (Å²) in [5.74, 6) is 1.16. The fourth-order valence-corrected chi connectivity index (χ4v) is 4.23. The Kier molecular flexibility index (Phi) is 5.65. The van der Waals surface area contributed by atoms with E-state index in [1.165, 1.54) is 5.56 Å². The monoisotopic (exact) mass is 336 g/mol. The number of nitrogens with zero attached hydrogens (tertiary/aromatic N) is 1. The van der Waals surface area contributed by atoms with Crippen LogP contribution in [0.1, 0.15) is 50.5 Å². The van der Waals surface area contributed by atoms with Crippen LogP contribution in [-0.4, -0.2) is 55.5 Å². The van der Waals surface area contributed by atoms with Crippen LogP contribution in [0.3, 0.4) is 0 Å². The molecule has 0 amide bonds. The highest BCUT2D eigenvalue weighted by Crippen LogP contribution is 2.41. The van der Waals surface area contributed by atoms with Crippen molar-refractivity contribution >= 4 is 0 Å². The summed E-state index contributed by atoms with van der Waals surface area (Å²) >= 11 is 0. The van der Waals surface area contributed by atoms with Gasteiger partial charge in [-0.1, -0.05) is 13.8 Å². The number of likely N-dealkylation sites (tertiary alicyclic amines) is 1. The summed E-state index contributed by atoms with van der Waals surface area (Å²) in [5.41, 5.74) is 1.64. The SMILES string of the molecule is COCC(O)CN1CCC(NC2CC(C)(C)Cc3occc32)CC1. The Hall–Kier alpha value is -0.880. The van der Waals surface area contributed by atoms with Crippen LogP contribution in [0.25, 0.3) is 0 Å². The van der Waals surface area contributed by atoms with Gasteiger partial charge in [-0.3, -0.25) is 0 Å². The van der Waals surface area contributed by atoms with Gasteiger partial charge in [0.25, 0.3) is 0 Å². The first kappa shape index (κ1) is 17.9. The molecule has 0 radical (unpaired) electrons. The number of aliphatic hydroxyl groups excluding tert-OH is 1. The minimum atomic E-state index is -0.382. The van der Waals surface area contributed by atoms with E-state index in [2.05, 4.69) is 30.1 Å². The van der Waals surface area contributed by atoms with Crippen molar-refractivity contribution in [1.82, 2.24) is 10.2 Å². The molecule has 1 fully saturated rings. The third kappa shape index (κ3) is 4.39. The normalized spacial score (nSPS) is 26.2. The number of rotatable bonds is 6. The van der Waals surface area contributed by atoms with Crippen LogP contribution < -0.4 is 5.32 Å².